The maximum atomic E-state index is 6.38. The molecule has 2 aromatic carbocycles. The van der Waals surface area contributed by atoms with Gasteiger partial charge < -0.3 is 10.3 Å². The molecule has 2 N–H and O–H groups in total. The summed E-state index contributed by atoms with van der Waals surface area (Å²) in [5.74, 6) is 0. The molecule has 0 saturated carbocycles. The van der Waals surface area contributed by atoms with Crippen LogP contribution >= 0.6 is 15.9 Å². The Morgan fingerprint density at radius 3 is 2.67 bits per heavy atom. The average molecular weight is 342 g/mol. The van der Waals surface area contributed by atoms with E-state index < -0.39 is 0 Å². The van der Waals surface area contributed by atoms with Crippen LogP contribution in [-0.4, -0.2) is 9.55 Å². The van der Waals surface area contributed by atoms with E-state index in [1.54, 1.807) is 0 Å². The predicted molar refractivity (Wildman–Crippen MR) is 88.3 cm³/mol. The normalized spacial score (nSPS) is 12.3. The van der Waals surface area contributed by atoms with Gasteiger partial charge in [-0.05, 0) is 30.2 Å². The Balaban J connectivity index is 1.88. The predicted octanol–water partition coefficient (Wildman–Crippen LogP) is 3.88. The first-order chi connectivity index (χ1) is 10.2. The molecule has 1 aromatic heterocycles. The highest BCUT2D eigenvalue weighted by atomic mass is 79.9. The lowest BCUT2D eigenvalue weighted by molar-refractivity contribution is 0.678. The van der Waals surface area contributed by atoms with E-state index in [1.165, 1.54) is 5.56 Å². The highest BCUT2D eigenvalue weighted by Gasteiger charge is 2.13. The van der Waals surface area contributed by atoms with Gasteiger partial charge in [-0.2, -0.15) is 0 Å². The first-order valence-electron chi connectivity index (χ1n) is 6.82. The van der Waals surface area contributed by atoms with Gasteiger partial charge in [0.15, 0.2) is 0 Å². The molecule has 0 amide bonds. The average Bonchev–Trinajstić information content (AvgIpc) is 2.98. The smallest absolute Gasteiger partial charge is 0.0994 e. The van der Waals surface area contributed by atoms with Gasteiger partial charge in [0.05, 0.1) is 24.3 Å². The van der Waals surface area contributed by atoms with Gasteiger partial charge in [0, 0.05) is 10.2 Å². The standard InChI is InChI=1S/C17H16BrN3/c18-14-7-4-8-15(10-14)21-12-20-11-17(21)16(19)9-13-5-2-1-3-6-13/h1-8,10-12,16H,9,19H2/t16-/m1/s1. The van der Waals surface area contributed by atoms with Gasteiger partial charge in [0.2, 0.25) is 0 Å². The van der Waals surface area contributed by atoms with E-state index in [0.29, 0.717) is 0 Å². The summed E-state index contributed by atoms with van der Waals surface area (Å²) in [5.41, 5.74) is 9.67. The van der Waals surface area contributed by atoms with Crippen LogP contribution in [0.5, 0.6) is 0 Å². The number of hydrogen-bond acceptors (Lipinski definition) is 2. The summed E-state index contributed by atoms with van der Waals surface area (Å²) in [6.45, 7) is 0. The van der Waals surface area contributed by atoms with Gasteiger partial charge in [0.1, 0.15) is 0 Å². The third-order valence-corrected chi connectivity index (χ3v) is 3.93. The zero-order chi connectivity index (χ0) is 14.7. The van der Waals surface area contributed by atoms with E-state index >= 15 is 0 Å². The van der Waals surface area contributed by atoms with Crippen LogP contribution in [0.1, 0.15) is 17.3 Å². The van der Waals surface area contributed by atoms with Gasteiger partial charge in [-0.25, -0.2) is 4.98 Å². The highest BCUT2D eigenvalue weighted by Crippen LogP contribution is 2.21. The Bertz CT molecular complexity index is 722. The summed E-state index contributed by atoms with van der Waals surface area (Å²) in [5, 5.41) is 0. The Kier molecular flexibility index (Phi) is 4.18. The quantitative estimate of drug-likeness (QED) is 0.782. The van der Waals surface area contributed by atoms with Crippen LogP contribution in [0.4, 0.5) is 0 Å². The fourth-order valence-corrected chi connectivity index (χ4v) is 2.78. The molecular weight excluding hydrogens is 326 g/mol. The van der Waals surface area contributed by atoms with Gasteiger partial charge in [-0.1, -0.05) is 52.3 Å². The number of imidazole rings is 1. The SMILES string of the molecule is N[C@H](Cc1ccccc1)c1cncn1-c1cccc(Br)c1. The van der Waals surface area contributed by atoms with Crippen molar-refractivity contribution in [3.8, 4) is 5.69 Å². The number of nitrogens with two attached hydrogens (primary N) is 1. The lowest BCUT2D eigenvalue weighted by Crippen LogP contribution is -2.17. The van der Waals surface area contributed by atoms with Crippen LogP contribution in [0.25, 0.3) is 5.69 Å². The van der Waals surface area contributed by atoms with Crippen molar-refractivity contribution in [2.24, 2.45) is 5.73 Å². The maximum Gasteiger partial charge on any atom is 0.0994 e. The van der Waals surface area contributed by atoms with Gasteiger partial charge in [-0.15, -0.1) is 0 Å². The third kappa shape index (κ3) is 3.23. The Hall–Kier alpha value is -1.91. The summed E-state index contributed by atoms with van der Waals surface area (Å²) in [6, 6.07) is 18.3. The first-order valence-corrected chi connectivity index (χ1v) is 7.61. The third-order valence-electron chi connectivity index (χ3n) is 3.43. The molecule has 0 radical (unpaired) electrons. The maximum absolute atomic E-state index is 6.38. The van der Waals surface area contributed by atoms with Crippen molar-refractivity contribution in [2.75, 3.05) is 0 Å². The summed E-state index contributed by atoms with van der Waals surface area (Å²) in [4.78, 5) is 4.26. The molecule has 1 heterocycles. The van der Waals surface area contributed by atoms with Crippen LogP contribution in [0.3, 0.4) is 0 Å². The minimum absolute atomic E-state index is 0.0890. The van der Waals surface area contributed by atoms with Crippen molar-refractivity contribution in [3.63, 3.8) is 0 Å². The van der Waals surface area contributed by atoms with Gasteiger partial charge >= 0.3 is 0 Å². The van der Waals surface area contributed by atoms with Crippen molar-refractivity contribution >= 4 is 15.9 Å². The Morgan fingerprint density at radius 2 is 1.90 bits per heavy atom. The first kappa shape index (κ1) is 14.0. The number of benzene rings is 2. The molecule has 0 unspecified atom stereocenters. The van der Waals surface area contributed by atoms with Crippen molar-refractivity contribution in [1.29, 1.82) is 0 Å². The molecule has 1 atom stereocenters. The number of hydrogen-bond donors (Lipinski definition) is 1. The molecule has 3 nitrogen and oxygen atoms in total. The van der Waals surface area contributed by atoms with E-state index in [9.17, 15) is 0 Å². The molecule has 21 heavy (non-hydrogen) atoms. The van der Waals surface area contributed by atoms with Gasteiger partial charge in [-0.3, -0.25) is 0 Å². The summed E-state index contributed by atoms with van der Waals surface area (Å²) in [6.07, 6.45) is 4.44. The van der Waals surface area contributed by atoms with Crippen molar-refractivity contribution < 1.29 is 0 Å². The van der Waals surface area contributed by atoms with Crippen molar-refractivity contribution in [3.05, 3.63) is 82.9 Å². The second-order valence-corrected chi connectivity index (χ2v) is 5.88. The van der Waals surface area contributed by atoms with Gasteiger partial charge in [0.25, 0.3) is 0 Å². The molecule has 0 bridgehead atoms. The highest BCUT2D eigenvalue weighted by molar-refractivity contribution is 9.10. The zero-order valence-electron chi connectivity index (χ0n) is 11.5. The van der Waals surface area contributed by atoms with Crippen LogP contribution < -0.4 is 5.73 Å². The lowest BCUT2D eigenvalue weighted by Gasteiger charge is -2.15. The molecule has 0 aliphatic rings. The molecule has 0 spiro atoms. The van der Waals surface area contributed by atoms with E-state index in [-0.39, 0.29) is 6.04 Å². The van der Waals surface area contributed by atoms with Crippen LogP contribution in [0.15, 0.2) is 71.6 Å². The topological polar surface area (TPSA) is 43.8 Å². The minimum Gasteiger partial charge on any atom is -0.322 e. The Morgan fingerprint density at radius 1 is 1.10 bits per heavy atom. The summed E-state index contributed by atoms with van der Waals surface area (Å²) < 4.78 is 3.08. The number of aromatic nitrogens is 2. The molecule has 4 heteroatoms. The van der Waals surface area contributed by atoms with Crippen LogP contribution in [0, 0.1) is 0 Å². The summed E-state index contributed by atoms with van der Waals surface area (Å²) >= 11 is 3.50. The zero-order valence-corrected chi connectivity index (χ0v) is 13.1. The monoisotopic (exact) mass is 341 g/mol. The second-order valence-electron chi connectivity index (χ2n) is 4.96. The Labute approximate surface area is 132 Å². The largest absolute Gasteiger partial charge is 0.322 e. The molecule has 3 rings (SSSR count). The number of halogens is 1. The van der Waals surface area contributed by atoms with Crippen LogP contribution in [-0.2, 0) is 6.42 Å². The molecule has 0 saturated heterocycles. The van der Waals surface area contributed by atoms with Crippen LogP contribution in [0.2, 0.25) is 0 Å². The number of rotatable bonds is 4. The van der Waals surface area contributed by atoms with E-state index in [1.807, 2.05) is 53.5 Å². The second kappa shape index (κ2) is 6.24. The van der Waals surface area contributed by atoms with E-state index in [4.69, 9.17) is 5.73 Å². The van der Waals surface area contributed by atoms with Crippen molar-refractivity contribution in [2.45, 2.75) is 12.5 Å². The minimum atomic E-state index is -0.0890. The molecule has 0 fully saturated rings. The molecule has 0 aliphatic heterocycles. The molecule has 106 valence electrons. The summed E-state index contributed by atoms with van der Waals surface area (Å²) in [7, 11) is 0. The fourth-order valence-electron chi connectivity index (χ4n) is 2.39. The fraction of sp³-hybridized carbons (Fsp3) is 0.118. The van der Waals surface area contributed by atoms with Crippen molar-refractivity contribution in [1.82, 2.24) is 9.55 Å². The van der Waals surface area contributed by atoms with E-state index in [0.717, 1.165) is 22.3 Å². The molecule has 0 aliphatic carbocycles. The molecule has 3 aromatic rings. The number of nitrogens with zero attached hydrogens (tertiary/aromatic N) is 2. The lowest BCUT2D eigenvalue weighted by atomic mass is 10.0. The molecular formula is C17H16BrN3. The van der Waals surface area contributed by atoms with E-state index in [2.05, 4.69) is 39.1 Å².